The van der Waals surface area contributed by atoms with Gasteiger partial charge in [-0.2, -0.15) is 0 Å². The van der Waals surface area contributed by atoms with Gasteiger partial charge in [-0.25, -0.2) is 9.18 Å². The zero-order valence-electron chi connectivity index (χ0n) is 10.5. The lowest BCUT2D eigenvalue weighted by Crippen LogP contribution is -2.28. The van der Waals surface area contributed by atoms with E-state index in [-0.39, 0.29) is 12.4 Å². The topological polar surface area (TPSA) is 40.5 Å². The van der Waals surface area contributed by atoms with Gasteiger partial charge in [0.05, 0.1) is 6.54 Å². The summed E-state index contributed by atoms with van der Waals surface area (Å²) in [4.78, 5) is 12.6. The maximum Gasteiger partial charge on any atom is 0.412 e. The standard InChI is InChI=1S/C15H14FNO2/c1-11-3-2-4-14(9-11)17(15(18)19)10-12-5-7-13(16)8-6-12/h2-9H,10H2,1H3,(H,18,19). The molecule has 0 radical (unpaired) electrons. The molecule has 2 aromatic rings. The SMILES string of the molecule is Cc1cccc(N(Cc2ccc(F)cc2)C(=O)O)c1. The molecule has 4 heteroatoms. The molecule has 2 aromatic carbocycles. The van der Waals surface area contributed by atoms with Crippen molar-refractivity contribution in [3.63, 3.8) is 0 Å². The van der Waals surface area contributed by atoms with Crippen molar-refractivity contribution in [3.05, 3.63) is 65.5 Å². The van der Waals surface area contributed by atoms with Crippen molar-refractivity contribution in [2.24, 2.45) is 0 Å². The Kier molecular flexibility index (Phi) is 3.80. The Balaban J connectivity index is 2.26. The first-order valence-corrected chi connectivity index (χ1v) is 5.88. The number of benzene rings is 2. The van der Waals surface area contributed by atoms with Crippen molar-refractivity contribution in [2.45, 2.75) is 13.5 Å². The predicted molar refractivity (Wildman–Crippen MR) is 71.8 cm³/mol. The van der Waals surface area contributed by atoms with Gasteiger partial charge in [-0.1, -0.05) is 24.3 Å². The van der Waals surface area contributed by atoms with Gasteiger partial charge < -0.3 is 5.11 Å². The first-order chi connectivity index (χ1) is 9.06. The molecule has 1 amide bonds. The summed E-state index contributed by atoms with van der Waals surface area (Å²) < 4.78 is 12.8. The van der Waals surface area contributed by atoms with E-state index < -0.39 is 6.09 Å². The molecule has 0 bridgehead atoms. The minimum atomic E-state index is -1.03. The van der Waals surface area contributed by atoms with Crippen molar-refractivity contribution in [3.8, 4) is 0 Å². The Morgan fingerprint density at radius 1 is 1.21 bits per heavy atom. The Morgan fingerprint density at radius 3 is 2.47 bits per heavy atom. The lowest BCUT2D eigenvalue weighted by Gasteiger charge is -2.19. The Hall–Kier alpha value is -2.36. The number of hydrogen-bond acceptors (Lipinski definition) is 1. The van der Waals surface area contributed by atoms with Crippen LogP contribution in [0.25, 0.3) is 0 Å². The molecule has 0 unspecified atom stereocenters. The molecule has 3 nitrogen and oxygen atoms in total. The van der Waals surface area contributed by atoms with Gasteiger partial charge in [0.25, 0.3) is 0 Å². The number of rotatable bonds is 3. The lowest BCUT2D eigenvalue weighted by molar-refractivity contribution is 0.201. The van der Waals surface area contributed by atoms with Crippen molar-refractivity contribution in [1.29, 1.82) is 0 Å². The Labute approximate surface area is 110 Å². The van der Waals surface area contributed by atoms with E-state index in [9.17, 15) is 14.3 Å². The van der Waals surface area contributed by atoms with Gasteiger partial charge >= 0.3 is 6.09 Å². The summed E-state index contributed by atoms with van der Waals surface area (Å²) in [5.74, 6) is -0.332. The number of aryl methyl sites for hydroxylation is 1. The third-order valence-electron chi connectivity index (χ3n) is 2.80. The van der Waals surface area contributed by atoms with Crippen LogP contribution in [0, 0.1) is 12.7 Å². The first-order valence-electron chi connectivity index (χ1n) is 5.88. The average Bonchev–Trinajstić information content (AvgIpc) is 2.37. The molecule has 0 aromatic heterocycles. The van der Waals surface area contributed by atoms with E-state index in [0.717, 1.165) is 11.1 Å². The van der Waals surface area contributed by atoms with Crippen LogP contribution in [0.5, 0.6) is 0 Å². The van der Waals surface area contributed by atoms with Gasteiger partial charge in [-0.15, -0.1) is 0 Å². The molecule has 0 saturated carbocycles. The zero-order valence-corrected chi connectivity index (χ0v) is 10.5. The number of halogens is 1. The number of amides is 1. The molecule has 0 spiro atoms. The van der Waals surface area contributed by atoms with Crippen molar-refractivity contribution < 1.29 is 14.3 Å². The predicted octanol–water partition coefficient (Wildman–Crippen LogP) is 3.82. The van der Waals surface area contributed by atoms with Crippen LogP contribution in [0.3, 0.4) is 0 Å². The summed E-state index contributed by atoms with van der Waals surface area (Å²) in [5.41, 5.74) is 2.34. The van der Waals surface area contributed by atoms with E-state index >= 15 is 0 Å². The summed E-state index contributed by atoms with van der Waals surface area (Å²) in [7, 11) is 0. The van der Waals surface area contributed by atoms with Crippen LogP contribution in [0.4, 0.5) is 14.9 Å². The van der Waals surface area contributed by atoms with Crippen molar-refractivity contribution in [2.75, 3.05) is 4.90 Å². The van der Waals surface area contributed by atoms with Crippen LogP contribution < -0.4 is 4.90 Å². The number of hydrogen-bond donors (Lipinski definition) is 1. The number of carbonyl (C=O) groups is 1. The van der Waals surface area contributed by atoms with Crippen molar-refractivity contribution >= 4 is 11.8 Å². The van der Waals surface area contributed by atoms with Crippen molar-refractivity contribution in [1.82, 2.24) is 0 Å². The molecule has 0 saturated heterocycles. The highest BCUT2D eigenvalue weighted by atomic mass is 19.1. The van der Waals surface area contributed by atoms with Gasteiger partial charge in [0, 0.05) is 5.69 Å². The van der Waals surface area contributed by atoms with E-state index in [1.54, 1.807) is 24.3 Å². The molecular weight excluding hydrogens is 245 g/mol. The lowest BCUT2D eigenvalue weighted by atomic mass is 10.1. The first kappa shape index (κ1) is 13.1. The van der Waals surface area contributed by atoms with Crippen LogP contribution in [-0.2, 0) is 6.54 Å². The average molecular weight is 259 g/mol. The third kappa shape index (κ3) is 3.31. The van der Waals surface area contributed by atoms with E-state index in [2.05, 4.69) is 0 Å². The highest BCUT2D eigenvalue weighted by Crippen LogP contribution is 2.19. The van der Waals surface area contributed by atoms with Crippen LogP contribution >= 0.6 is 0 Å². The van der Waals surface area contributed by atoms with Gasteiger partial charge in [0.2, 0.25) is 0 Å². The fourth-order valence-electron chi connectivity index (χ4n) is 1.84. The normalized spacial score (nSPS) is 10.2. The van der Waals surface area contributed by atoms with Gasteiger partial charge in [-0.05, 0) is 42.3 Å². The minimum absolute atomic E-state index is 0.194. The van der Waals surface area contributed by atoms with E-state index in [4.69, 9.17) is 0 Å². The van der Waals surface area contributed by atoms with E-state index in [1.807, 2.05) is 19.1 Å². The Bertz CT molecular complexity index is 581. The van der Waals surface area contributed by atoms with Crippen LogP contribution in [0.2, 0.25) is 0 Å². The second-order valence-corrected chi connectivity index (χ2v) is 4.33. The largest absolute Gasteiger partial charge is 0.465 e. The highest BCUT2D eigenvalue weighted by molar-refractivity contribution is 5.86. The molecule has 0 atom stereocenters. The number of nitrogens with zero attached hydrogens (tertiary/aromatic N) is 1. The molecule has 0 heterocycles. The van der Waals surface area contributed by atoms with Gasteiger partial charge in [0.1, 0.15) is 5.82 Å². The van der Waals surface area contributed by atoms with E-state index in [1.165, 1.54) is 17.0 Å². The molecule has 2 rings (SSSR count). The second-order valence-electron chi connectivity index (χ2n) is 4.33. The number of anilines is 1. The summed E-state index contributed by atoms with van der Waals surface area (Å²) in [6.45, 7) is 2.10. The fraction of sp³-hybridized carbons (Fsp3) is 0.133. The summed E-state index contributed by atoms with van der Waals surface area (Å²) in [5, 5.41) is 9.29. The van der Waals surface area contributed by atoms with Crippen LogP contribution in [0.1, 0.15) is 11.1 Å². The fourth-order valence-corrected chi connectivity index (χ4v) is 1.84. The molecule has 0 aliphatic heterocycles. The summed E-state index contributed by atoms with van der Waals surface area (Å²) in [6.07, 6.45) is -1.03. The quantitative estimate of drug-likeness (QED) is 0.910. The molecule has 1 N–H and O–H groups in total. The zero-order chi connectivity index (χ0) is 13.8. The molecule has 19 heavy (non-hydrogen) atoms. The van der Waals surface area contributed by atoms with E-state index in [0.29, 0.717) is 5.69 Å². The van der Waals surface area contributed by atoms with Crippen LogP contribution in [0.15, 0.2) is 48.5 Å². The van der Waals surface area contributed by atoms with Crippen LogP contribution in [-0.4, -0.2) is 11.2 Å². The summed E-state index contributed by atoms with van der Waals surface area (Å²) >= 11 is 0. The molecular formula is C15H14FNO2. The second kappa shape index (κ2) is 5.52. The molecule has 0 aliphatic carbocycles. The Morgan fingerprint density at radius 2 is 1.89 bits per heavy atom. The number of carboxylic acid groups (broad SMARTS) is 1. The maximum absolute atomic E-state index is 12.8. The maximum atomic E-state index is 12.8. The molecule has 0 aliphatic rings. The third-order valence-corrected chi connectivity index (χ3v) is 2.80. The smallest absolute Gasteiger partial charge is 0.412 e. The summed E-state index contributed by atoms with van der Waals surface area (Å²) in [6, 6.07) is 13.1. The minimum Gasteiger partial charge on any atom is -0.465 e. The van der Waals surface area contributed by atoms with Gasteiger partial charge in [0.15, 0.2) is 0 Å². The molecule has 0 fully saturated rings. The monoisotopic (exact) mass is 259 g/mol. The van der Waals surface area contributed by atoms with Gasteiger partial charge in [-0.3, -0.25) is 4.90 Å². The highest BCUT2D eigenvalue weighted by Gasteiger charge is 2.14. The molecule has 98 valence electrons.